The molecule has 11 heteroatoms. The van der Waals surface area contributed by atoms with Crippen molar-refractivity contribution in [3.8, 4) is 0 Å². The van der Waals surface area contributed by atoms with Gasteiger partial charge in [-0.3, -0.25) is 14.3 Å². The molecule has 0 radical (unpaired) electrons. The van der Waals surface area contributed by atoms with Crippen LogP contribution in [0.25, 0.3) is 0 Å². The summed E-state index contributed by atoms with van der Waals surface area (Å²) in [5.74, 6) is -0.542. The highest BCUT2D eigenvalue weighted by Gasteiger charge is 2.49. The van der Waals surface area contributed by atoms with Gasteiger partial charge in [-0.05, 0) is 41.8 Å². The van der Waals surface area contributed by atoms with Crippen molar-refractivity contribution in [2.45, 2.75) is 96.2 Å². The highest BCUT2D eigenvalue weighted by Crippen LogP contribution is 2.44. The van der Waals surface area contributed by atoms with Gasteiger partial charge in [0.25, 0.3) is 5.56 Å². The molecule has 1 N–H and O–H groups in total. The zero-order valence-electron chi connectivity index (χ0n) is 23.0. The quantitative estimate of drug-likeness (QED) is 0.325. The maximum atomic E-state index is 12.7. The molecule has 1 saturated heterocycles. The summed E-state index contributed by atoms with van der Waals surface area (Å²) in [5, 5.41) is -0.163. The van der Waals surface area contributed by atoms with Crippen LogP contribution < -0.4 is 11.2 Å². The first kappa shape index (κ1) is 29.4. The van der Waals surface area contributed by atoms with Crippen molar-refractivity contribution < 1.29 is 23.1 Å². The Bertz CT molecular complexity index is 1060. The van der Waals surface area contributed by atoms with Gasteiger partial charge in [-0.15, -0.1) is 0 Å². The van der Waals surface area contributed by atoms with E-state index in [0.29, 0.717) is 5.57 Å². The third kappa shape index (κ3) is 6.70. The summed E-state index contributed by atoms with van der Waals surface area (Å²) in [6, 6.07) is 1.26. The van der Waals surface area contributed by atoms with E-state index in [-0.39, 0.29) is 16.7 Å². The summed E-state index contributed by atoms with van der Waals surface area (Å²) < 4.78 is 25.8. The molecule has 0 saturated carbocycles. The number of nitrogens with one attached hydrogen (secondary N) is 1. The van der Waals surface area contributed by atoms with E-state index < -0.39 is 52.3 Å². The Labute approximate surface area is 210 Å². The highest BCUT2D eigenvalue weighted by atomic mass is 28.4. The molecule has 0 unspecified atom stereocenters. The lowest BCUT2D eigenvalue weighted by atomic mass is 10.1. The van der Waals surface area contributed by atoms with Crippen LogP contribution >= 0.6 is 0 Å². The second-order valence-electron chi connectivity index (χ2n) is 12.1. The Morgan fingerprint density at radius 2 is 1.66 bits per heavy atom. The third-order valence-corrected chi connectivity index (χ3v) is 16.5. The number of carbonyl (C=O) groups excluding carboxylic acids is 1. The smallest absolute Gasteiger partial charge is 0.330 e. The largest absolute Gasteiger partial charge is 0.466 e. The molecule has 2 heterocycles. The van der Waals surface area contributed by atoms with E-state index in [1.54, 1.807) is 0 Å². The van der Waals surface area contributed by atoms with Crippen LogP contribution in [0.3, 0.4) is 0 Å². The Balaban J connectivity index is 2.61. The fourth-order valence-electron chi connectivity index (χ4n) is 3.13. The van der Waals surface area contributed by atoms with Gasteiger partial charge in [0.05, 0.1) is 13.7 Å². The Hall–Kier alpha value is -1.80. The van der Waals surface area contributed by atoms with E-state index in [9.17, 15) is 14.4 Å². The van der Waals surface area contributed by atoms with Crippen molar-refractivity contribution in [2.24, 2.45) is 0 Å². The average molecular weight is 527 g/mol. The van der Waals surface area contributed by atoms with E-state index in [4.69, 9.17) is 18.3 Å². The van der Waals surface area contributed by atoms with E-state index in [0.717, 1.165) is 0 Å². The number of aromatic nitrogens is 2. The molecular formula is C24H42N2O7Si2. The van der Waals surface area contributed by atoms with Crippen LogP contribution in [-0.2, 0) is 23.1 Å². The van der Waals surface area contributed by atoms with Crippen molar-refractivity contribution in [1.82, 2.24) is 9.55 Å². The number of hydrogen-bond donors (Lipinski definition) is 1. The minimum Gasteiger partial charge on any atom is -0.466 e. The van der Waals surface area contributed by atoms with Gasteiger partial charge in [-0.1, -0.05) is 41.5 Å². The first-order chi connectivity index (χ1) is 15.8. The number of hydrogen-bond acceptors (Lipinski definition) is 7. The summed E-state index contributed by atoms with van der Waals surface area (Å²) in [4.78, 5) is 39.1. The van der Waals surface area contributed by atoms with Gasteiger partial charge in [0, 0.05) is 18.3 Å². The van der Waals surface area contributed by atoms with Gasteiger partial charge in [0.1, 0.15) is 12.2 Å². The normalized spacial score (nSPS) is 23.1. The van der Waals surface area contributed by atoms with Crippen molar-refractivity contribution >= 4 is 22.6 Å². The first-order valence-electron chi connectivity index (χ1n) is 11.9. The fraction of sp³-hybridized carbons (Fsp3) is 0.708. The molecule has 1 aliphatic heterocycles. The van der Waals surface area contributed by atoms with Gasteiger partial charge in [0.2, 0.25) is 0 Å². The third-order valence-electron chi connectivity index (χ3n) is 7.50. The minimum absolute atomic E-state index is 0.0237. The van der Waals surface area contributed by atoms with Gasteiger partial charge in [0.15, 0.2) is 22.9 Å². The van der Waals surface area contributed by atoms with Crippen molar-refractivity contribution in [1.29, 1.82) is 0 Å². The van der Waals surface area contributed by atoms with Gasteiger partial charge >= 0.3 is 11.7 Å². The van der Waals surface area contributed by atoms with Crippen molar-refractivity contribution in [3.63, 3.8) is 0 Å². The van der Waals surface area contributed by atoms with Crippen LogP contribution in [0.2, 0.25) is 36.3 Å². The molecule has 0 aliphatic carbocycles. The molecule has 2 rings (SSSR count). The lowest BCUT2D eigenvalue weighted by molar-refractivity contribution is -0.135. The van der Waals surface area contributed by atoms with Crippen molar-refractivity contribution in [3.05, 3.63) is 44.8 Å². The van der Waals surface area contributed by atoms with Crippen LogP contribution in [0, 0.1) is 0 Å². The van der Waals surface area contributed by atoms with Gasteiger partial charge in [-0.2, -0.15) is 0 Å². The average Bonchev–Trinajstić information content (AvgIpc) is 3.01. The van der Waals surface area contributed by atoms with E-state index in [2.05, 4.69) is 72.7 Å². The van der Waals surface area contributed by atoms with Crippen molar-refractivity contribution in [2.75, 3.05) is 13.7 Å². The molecule has 9 nitrogen and oxygen atoms in total. The molecule has 35 heavy (non-hydrogen) atoms. The molecule has 0 spiro atoms. The Morgan fingerprint density at radius 3 is 2.14 bits per heavy atom. The number of methoxy groups -OCH3 is 1. The number of ether oxygens (including phenoxy) is 2. The second kappa shape index (κ2) is 10.3. The van der Waals surface area contributed by atoms with E-state index in [1.807, 2.05) is 0 Å². The molecule has 0 bridgehead atoms. The Morgan fingerprint density at radius 1 is 1.09 bits per heavy atom. The maximum Gasteiger partial charge on any atom is 0.330 e. The predicted octanol–water partition coefficient (Wildman–Crippen LogP) is 3.95. The van der Waals surface area contributed by atoms with E-state index in [1.165, 1.54) is 30.0 Å². The lowest BCUT2D eigenvalue weighted by Crippen LogP contribution is -2.47. The Kier molecular flexibility index (Phi) is 8.65. The number of esters is 1. The highest BCUT2D eigenvalue weighted by molar-refractivity contribution is 6.74. The molecule has 1 aliphatic rings. The SMILES string of the molecule is COC(=O)/C=C1/[C@@H](O[Si](C)(C)C(C)(C)C)[C@H](n2ccc(=O)[nH]c2=O)O[C@@H]1CO[Si](C)(C)C(C)(C)C. The molecule has 198 valence electrons. The number of H-pyrrole nitrogens is 1. The number of carbonyl (C=O) groups is 1. The van der Waals surface area contributed by atoms with Crippen LogP contribution in [-0.4, -0.2) is 58.1 Å². The molecule has 1 aromatic heterocycles. The maximum absolute atomic E-state index is 12.7. The monoisotopic (exact) mass is 526 g/mol. The van der Waals surface area contributed by atoms with Gasteiger partial charge < -0.3 is 18.3 Å². The predicted molar refractivity (Wildman–Crippen MR) is 141 cm³/mol. The fourth-order valence-corrected chi connectivity index (χ4v) is 5.37. The molecule has 0 aromatic carbocycles. The second-order valence-corrected chi connectivity index (χ2v) is 21.6. The zero-order chi connectivity index (χ0) is 27.0. The molecule has 1 fully saturated rings. The standard InChI is InChI=1S/C24H42N2O7Si2/c1-23(2,3)34(8,9)31-15-17-16(14-19(28)30-7)20(33-35(10,11)24(4,5)6)21(32-17)26-13-12-18(27)25-22(26)29/h12-14,17,20-21H,15H2,1-11H3,(H,25,27,29)/b16-14+/t17-,20-,21-/m1/s1. The summed E-state index contributed by atoms with van der Waals surface area (Å²) in [6.45, 7) is 21.4. The summed E-state index contributed by atoms with van der Waals surface area (Å²) in [7, 11) is -3.22. The minimum atomic E-state index is -2.39. The summed E-state index contributed by atoms with van der Waals surface area (Å²) >= 11 is 0. The molecule has 0 amide bonds. The molecule has 3 atom stereocenters. The van der Waals surface area contributed by atoms with Crippen LogP contribution in [0.5, 0.6) is 0 Å². The summed E-state index contributed by atoms with van der Waals surface area (Å²) in [5.41, 5.74) is -0.563. The van der Waals surface area contributed by atoms with Crippen LogP contribution in [0.4, 0.5) is 0 Å². The first-order valence-corrected chi connectivity index (χ1v) is 17.7. The van der Waals surface area contributed by atoms with Crippen LogP contribution in [0.15, 0.2) is 33.5 Å². The number of rotatable bonds is 7. The topological polar surface area (TPSA) is 109 Å². The number of aromatic amines is 1. The zero-order valence-corrected chi connectivity index (χ0v) is 25.0. The van der Waals surface area contributed by atoms with Gasteiger partial charge in [-0.25, -0.2) is 9.59 Å². The molecule has 1 aromatic rings. The number of nitrogens with zero attached hydrogens (tertiary/aromatic N) is 1. The lowest BCUT2D eigenvalue weighted by Gasteiger charge is -2.39. The van der Waals surface area contributed by atoms with Crippen LogP contribution in [0.1, 0.15) is 47.8 Å². The molecular weight excluding hydrogens is 484 g/mol. The van der Waals surface area contributed by atoms with E-state index >= 15 is 0 Å². The summed E-state index contributed by atoms with van der Waals surface area (Å²) in [6.07, 6.45) is 0.500.